The highest BCUT2D eigenvalue weighted by atomic mass is 16.6. The smallest absolute Gasteiger partial charge is 0.269 e. The molecule has 124 valence electrons. The van der Waals surface area contributed by atoms with E-state index in [0.717, 1.165) is 5.69 Å². The van der Waals surface area contributed by atoms with Crippen molar-refractivity contribution >= 4 is 23.5 Å². The minimum Gasteiger partial charge on any atom is -0.367 e. The van der Waals surface area contributed by atoms with Crippen molar-refractivity contribution in [2.75, 3.05) is 18.4 Å². The summed E-state index contributed by atoms with van der Waals surface area (Å²) in [5.74, 6) is 0.404. The number of amides is 1. The zero-order valence-electron chi connectivity index (χ0n) is 13.1. The molecule has 0 bridgehead atoms. The number of aryl methyl sites for hydroxylation is 1. The minimum absolute atomic E-state index is 0.0156. The fourth-order valence-electron chi connectivity index (χ4n) is 1.81. The van der Waals surface area contributed by atoms with Gasteiger partial charge in [-0.2, -0.15) is 5.10 Å². The van der Waals surface area contributed by atoms with Gasteiger partial charge in [0, 0.05) is 31.3 Å². The summed E-state index contributed by atoms with van der Waals surface area (Å²) >= 11 is 0. The Balaban J connectivity index is 1.72. The van der Waals surface area contributed by atoms with Gasteiger partial charge >= 0.3 is 0 Å². The average molecular weight is 327 g/mol. The second-order valence-electron chi connectivity index (χ2n) is 4.96. The van der Waals surface area contributed by atoms with E-state index in [0.29, 0.717) is 24.5 Å². The summed E-state index contributed by atoms with van der Waals surface area (Å²) in [4.78, 5) is 21.8. The van der Waals surface area contributed by atoms with Crippen molar-refractivity contribution in [2.24, 2.45) is 0 Å². The molecule has 1 aromatic heterocycles. The molecule has 0 spiro atoms. The lowest BCUT2D eigenvalue weighted by Crippen LogP contribution is -2.27. The van der Waals surface area contributed by atoms with Crippen LogP contribution in [0.25, 0.3) is 6.08 Å². The highest BCUT2D eigenvalue weighted by Crippen LogP contribution is 2.12. The van der Waals surface area contributed by atoms with Gasteiger partial charge in [0.2, 0.25) is 5.91 Å². The molecule has 0 unspecified atom stereocenters. The maximum Gasteiger partial charge on any atom is 0.269 e. The second kappa shape index (κ2) is 8.37. The van der Waals surface area contributed by atoms with Crippen LogP contribution in [0.15, 0.2) is 42.5 Å². The molecule has 0 saturated heterocycles. The van der Waals surface area contributed by atoms with Crippen LogP contribution in [0.3, 0.4) is 0 Å². The molecule has 0 aliphatic heterocycles. The molecule has 1 aromatic carbocycles. The number of non-ortho nitro benzene ring substituents is 1. The first-order chi connectivity index (χ1) is 11.5. The molecule has 0 saturated carbocycles. The number of benzene rings is 1. The van der Waals surface area contributed by atoms with Crippen LogP contribution in [0.2, 0.25) is 0 Å². The van der Waals surface area contributed by atoms with Gasteiger partial charge in [-0.3, -0.25) is 14.9 Å². The van der Waals surface area contributed by atoms with E-state index in [1.807, 2.05) is 19.1 Å². The van der Waals surface area contributed by atoms with Gasteiger partial charge < -0.3 is 10.6 Å². The summed E-state index contributed by atoms with van der Waals surface area (Å²) in [5.41, 5.74) is 1.57. The summed E-state index contributed by atoms with van der Waals surface area (Å²) in [7, 11) is 0. The van der Waals surface area contributed by atoms with Crippen LogP contribution >= 0.6 is 0 Å². The van der Waals surface area contributed by atoms with Gasteiger partial charge in [0.25, 0.3) is 5.69 Å². The predicted octanol–water partition coefficient (Wildman–Crippen LogP) is 1.93. The Morgan fingerprint density at radius 2 is 1.92 bits per heavy atom. The van der Waals surface area contributed by atoms with Crippen LogP contribution in [-0.4, -0.2) is 34.1 Å². The molecule has 1 amide bonds. The number of anilines is 1. The van der Waals surface area contributed by atoms with Gasteiger partial charge in [-0.15, -0.1) is 5.10 Å². The molecule has 0 radical (unpaired) electrons. The third-order valence-corrected chi connectivity index (χ3v) is 3.06. The average Bonchev–Trinajstić information content (AvgIpc) is 2.59. The van der Waals surface area contributed by atoms with E-state index < -0.39 is 4.92 Å². The monoisotopic (exact) mass is 327 g/mol. The van der Waals surface area contributed by atoms with E-state index in [4.69, 9.17) is 0 Å². The largest absolute Gasteiger partial charge is 0.367 e. The SMILES string of the molecule is Cc1ccc(NCCNC(=O)C=Cc2ccc([N+](=O)[O-])cc2)nn1. The number of hydrogen-bond donors (Lipinski definition) is 2. The Labute approximate surface area is 138 Å². The fourth-order valence-corrected chi connectivity index (χ4v) is 1.81. The van der Waals surface area contributed by atoms with Gasteiger partial charge in [-0.1, -0.05) is 0 Å². The molecule has 0 aliphatic rings. The fraction of sp³-hybridized carbons (Fsp3) is 0.188. The van der Waals surface area contributed by atoms with Gasteiger partial charge in [-0.25, -0.2) is 0 Å². The summed E-state index contributed by atoms with van der Waals surface area (Å²) < 4.78 is 0. The van der Waals surface area contributed by atoms with Crippen LogP contribution in [0.1, 0.15) is 11.3 Å². The standard InChI is InChI=1S/C16H17N5O3/c1-12-2-8-15(20-19-12)17-10-11-18-16(22)9-5-13-3-6-14(7-4-13)21(23)24/h2-9H,10-11H2,1H3,(H,17,20)(H,18,22). The predicted molar refractivity (Wildman–Crippen MR) is 90.4 cm³/mol. The number of nitrogens with zero attached hydrogens (tertiary/aromatic N) is 3. The summed E-state index contributed by atoms with van der Waals surface area (Å²) in [6.07, 6.45) is 2.98. The Morgan fingerprint density at radius 1 is 1.17 bits per heavy atom. The highest BCUT2D eigenvalue weighted by Gasteiger charge is 2.02. The Kier molecular flexibility index (Phi) is 5.95. The third-order valence-electron chi connectivity index (χ3n) is 3.06. The Hall–Kier alpha value is -3.29. The van der Waals surface area contributed by atoms with Gasteiger partial charge in [0.15, 0.2) is 0 Å². The molecule has 2 N–H and O–H groups in total. The molecule has 8 nitrogen and oxygen atoms in total. The molecular weight excluding hydrogens is 310 g/mol. The Morgan fingerprint density at radius 3 is 2.54 bits per heavy atom. The van der Waals surface area contributed by atoms with Crippen LogP contribution < -0.4 is 10.6 Å². The van der Waals surface area contributed by atoms with E-state index in [-0.39, 0.29) is 11.6 Å². The summed E-state index contributed by atoms with van der Waals surface area (Å²) in [5, 5.41) is 24.2. The number of rotatable bonds is 7. The lowest BCUT2D eigenvalue weighted by Gasteiger charge is -2.05. The first-order valence-electron chi connectivity index (χ1n) is 7.29. The number of nitrogens with one attached hydrogen (secondary N) is 2. The minimum atomic E-state index is -0.467. The third kappa shape index (κ3) is 5.48. The lowest BCUT2D eigenvalue weighted by molar-refractivity contribution is -0.384. The molecule has 24 heavy (non-hydrogen) atoms. The number of hydrogen-bond acceptors (Lipinski definition) is 6. The zero-order valence-corrected chi connectivity index (χ0v) is 13.1. The van der Waals surface area contributed by atoms with Gasteiger partial charge in [-0.05, 0) is 42.8 Å². The lowest BCUT2D eigenvalue weighted by atomic mass is 10.2. The van der Waals surface area contributed by atoms with E-state index in [1.165, 1.54) is 18.2 Å². The van der Waals surface area contributed by atoms with Crippen molar-refractivity contribution in [1.82, 2.24) is 15.5 Å². The highest BCUT2D eigenvalue weighted by molar-refractivity contribution is 5.91. The number of carbonyl (C=O) groups is 1. The van der Waals surface area contributed by atoms with Crippen LogP contribution in [0.4, 0.5) is 11.5 Å². The number of nitro groups is 1. The molecule has 0 atom stereocenters. The van der Waals surface area contributed by atoms with E-state index in [2.05, 4.69) is 20.8 Å². The molecule has 8 heteroatoms. The van der Waals surface area contributed by atoms with Crippen LogP contribution in [0.5, 0.6) is 0 Å². The zero-order chi connectivity index (χ0) is 17.4. The molecule has 0 fully saturated rings. The summed E-state index contributed by atoms with van der Waals surface area (Å²) in [6, 6.07) is 9.62. The maximum atomic E-state index is 11.7. The van der Waals surface area contributed by atoms with Crippen molar-refractivity contribution in [3.05, 3.63) is 63.8 Å². The summed E-state index contributed by atoms with van der Waals surface area (Å²) in [6.45, 7) is 2.81. The van der Waals surface area contributed by atoms with Crippen molar-refractivity contribution in [3.8, 4) is 0 Å². The van der Waals surface area contributed by atoms with E-state index in [1.54, 1.807) is 18.2 Å². The Bertz CT molecular complexity index is 726. The van der Waals surface area contributed by atoms with Crippen LogP contribution in [-0.2, 0) is 4.79 Å². The molecular formula is C16H17N5O3. The first-order valence-corrected chi connectivity index (χ1v) is 7.29. The normalized spacial score (nSPS) is 10.5. The van der Waals surface area contributed by atoms with Gasteiger partial charge in [0.1, 0.15) is 5.82 Å². The maximum absolute atomic E-state index is 11.7. The molecule has 1 heterocycles. The second-order valence-corrected chi connectivity index (χ2v) is 4.96. The number of aromatic nitrogens is 2. The van der Waals surface area contributed by atoms with Crippen LogP contribution in [0, 0.1) is 17.0 Å². The molecule has 0 aliphatic carbocycles. The van der Waals surface area contributed by atoms with E-state index >= 15 is 0 Å². The molecule has 2 rings (SSSR count). The quantitative estimate of drug-likeness (QED) is 0.348. The van der Waals surface area contributed by atoms with E-state index in [9.17, 15) is 14.9 Å². The number of nitro benzene ring substituents is 1. The molecule has 2 aromatic rings. The number of carbonyl (C=O) groups excluding carboxylic acids is 1. The first kappa shape index (κ1) is 17.1. The van der Waals surface area contributed by atoms with Crippen molar-refractivity contribution < 1.29 is 9.72 Å². The van der Waals surface area contributed by atoms with Gasteiger partial charge in [0.05, 0.1) is 10.6 Å². The van der Waals surface area contributed by atoms with Crippen molar-refractivity contribution in [3.63, 3.8) is 0 Å². The van der Waals surface area contributed by atoms with Crippen molar-refractivity contribution in [1.29, 1.82) is 0 Å². The topological polar surface area (TPSA) is 110 Å². The van der Waals surface area contributed by atoms with Crippen molar-refractivity contribution in [2.45, 2.75) is 6.92 Å².